The Morgan fingerprint density at radius 1 is 0.643 bits per heavy atom. The van der Waals surface area contributed by atoms with E-state index in [1.807, 2.05) is 0 Å². The standard InChI is InChI=1S/C24H16N2O2/c1-3-17-8-12-21(13-9-17)25-23(27)19-6-5-7-20(16-19)24(28)26-22-14-10-18(4-2)11-15-22/h1-2,5-16H,(H,25,27)(H,26,28). The van der Waals surface area contributed by atoms with Gasteiger partial charge in [0.1, 0.15) is 0 Å². The molecule has 3 rings (SSSR count). The van der Waals surface area contributed by atoms with Crippen LogP contribution in [0.15, 0.2) is 72.8 Å². The number of terminal acetylenes is 2. The molecular weight excluding hydrogens is 348 g/mol. The van der Waals surface area contributed by atoms with Gasteiger partial charge in [0.25, 0.3) is 11.8 Å². The summed E-state index contributed by atoms with van der Waals surface area (Å²) in [7, 11) is 0. The molecule has 0 radical (unpaired) electrons. The van der Waals surface area contributed by atoms with E-state index in [0.29, 0.717) is 22.5 Å². The summed E-state index contributed by atoms with van der Waals surface area (Å²) in [6, 6.07) is 20.3. The SMILES string of the molecule is C#Cc1ccc(NC(=O)c2cccc(C(=O)Nc3ccc(C#C)cc3)c2)cc1. The van der Waals surface area contributed by atoms with Crippen LogP contribution in [0, 0.1) is 24.7 Å². The highest BCUT2D eigenvalue weighted by molar-refractivity contribution is 6.08. The van der Waals surface area contributed by atoms with Gasteiger partial charge in [-0.05, 0) is 66.7 Å². The Kier molecular flexibility index (Phi) is 5.55. The number of rotatable bonds is 4. The molecule has 2 N–H and O–H groups in total. The minimum atomic E-state index is -0.318. The van der Waals surface area contributed by atoms with Crippen molar-refractivity contribution in [3.63, 3.8) is 0 Å². The highest BCUT2D eigenvalue weighted by Crippen LogP contribution is 2.14. The van der Waals surface area contributed by atoms with Gasteiger partial charge in [0.2, 0.25) is 0 Å². The van der Waals surface area contributed by atoms with E-state index in [1.54, 1.807) is 66.7 Å². The number of hydrogen-bond donors (Lipinski definition) is 2. The van der Waals surface area contributed by atoms with Gasteiger partial charge in [0.15, 0.2) is 0 Å². The maximum absolute atomic E-state index is 12.5. The summed E-state index contributed by atoms with van der Waals surface area (Å²) in [6.07, 6.45) is 10.6. The maximum atomic E-state index is 12.5. The summed E-state index contributed by atoms with van der Waals surface area (Å²) in [4.78, 5) is 24.9. The lowest BCUT2D eigenvalue weighted by Crippen LogP contribution is -2.15. The monoisotopic (exact) mass is 364 g/mol. The fourth-order valence-electron chi connectivity index (χ4n) is 2.51. The van der Waals surface area contributed by atoms with E-state index in [4.69, 9.17) is 12.8 Å². The summed E-state index contributed by atoms with van der Waals surface area (Å²) in [5, 5.41) is 5.56. The predicted octanol–water partition coefficient (Wildman–Crippen LogP) is 4.15. The summed E-state index contributed by atoms with van der Waals surface area (Å²) in [5.41, 5.74) is 3.44. The molecule has 4 heteroatoms. The number of amides is 2. The first-order valence-electron chi connectivity index (χ1n) is 8.45. The molecule has 0 fully saturated rings. The van der Waals surface area contributed by atoms with Crippen LogP contribution in [0.2, 0.25) is 0 Å². The third-order valence-electron chi connectivity index (χ3n) is 4.01. The van der Waals surface area contributed by atoms with Crippen LogP contribution in [0.25, 0.3) is 0 Å². The largest absolute Gasteiger partial charge is 0.322 e. The van der Waals surface area contributed by atoms with Crippen molar-refractivity contribution in [1.82, 2.24) is 0 Å². The molecule has 0 spiro atoms. The van der Waals surface area contributed by atoms with Crippen LogP contribution < -0.4 is 10.6 Å². The minimum absolute atomic E-state index is 0.318. The van der Waals surface area contributed by atoms with Crippen molar-refractivity contribution >= 4 is 23.2 Å². The second kappa shape index (κ2) is 8.40. The Bertz CT molecular complexity index is 1010. The lowest BCUT2D eigenvalue weighted by atomic mass is 10.1. The van der Waals surface area contributed by atoms with Gasteiger partial charge >= 0.3 is 0 Å². The first-order chi connectivity index (χ1) is 13.6. The third kappa shape index (κ3) is 4.46. The lowest BCUT2D eigenvalue weighted by Gasteiger charge is -2.08. The van der Waals surface area contributed by atoms with E-state index in [-0.39, 0.29) is 11.8 Å². The molecule has 0 bridgehead atoms. The Balaban J connectivity index is 1.71. The molecular formula is C24H16N2O2. The van der Waals surface area contributed by atoms with E-state index >= 15 is 0 Å². The zero-order valence-electron chi connectivity index (χ0n) is 14.9. The van der Waals surface area contributed by atoms with E-state index in [9.17, 15) is 9.59 Å². The molecule has 0 saturated heterocycles. The van der Waals surface area contributed by atoms with Gasteiger partial charge in [-0.1, -0.05) is 17.9 Å². The molecule has 0 aliphatic carbocycles. The Hall–Kier alpha value is -4.28. The highest BCUT2D eigenvalue weighted by Gasteiger charge is 2.11. The second-order valence-electron chi connectivity index (χ2n) is 5.93. The number of carbonyl (C=O) groups excluding carboxylic acids is 2. The van der Waals surface area contributed by atoms with Gasteiger partial charge in [-0.3, -0.25) is 9.59 Å². The van der Waals surface area contributed by atoms with Crippen LogP contribution in [-0.4, -0.2) is 11.8 Å². The Labute approximate surface area is 163 Å². The molecule has 3 aromatic carbocycles. The Morgan fingerprint density at radius 2 is 1.04 bits per heavy atom. The van der Waals surface area contributed by atoms with Gasteiger partial charge in [-0.2, -0.15) is 0 Å². The summed E-state index contributed by atoms with van der Waals surface area (Å²) >= 11 is 0. The van der Waals surface area contributed by atoms with Crippen LogP contribution in [0.4, 0.5) is 11.4 Å². The van der Waals surface area contributed by atoms with Crippen molar-refractivity contribution < 1.29 is 9.59 Å². The first kappa shape index (κ1) is 18.5. The second-order valence-corrected chi connectivity index (χ2v) is 5.93. The average Bonchev–Trinajstić information content (AvgIpc) is 2.75. The first-order valence-corrected chi connectivity index (χ1v) is 8.45. The van der Waals surface area contributed by atoms with Gasteiger partial charge < -0.3 is 10.6 Å². The van der Waals surface area contributed by atoms with Crippen molar-refractivity contribution in [2.24, 2.45) is 0 Å². The zero-order chi connectivity index (χ0) is 19.9. The van der Waals surface area contributed by atoms with Crippen LogP contribution in [0.3, 0.4) is 0 Å². The molecule has 3 aromatic rings. The quantitative estimate of drug-likeness (QED) is 0.683. The number of hydrogen-bond acceptors (Lipinski definition) is 2. The average molecular weight is 364 g/mol. The topological polar surface area (TPSA) is 58.2 Å². The molecule has 28 heavy (non-hydrogen) atoms. The predicted molar refractivity (Wildman–Crippen MR) is 111 cm³/mol. The van der Waals surface area contributed by atoms with Gasteiger partial charge in [-0.15, -0.1) is 12.8 Å². The van der Waals surface area contributed by atoms with Crippen molar-refractivity contribution in [1.29, 1.82) is 0 Å². The molecule has 4 nitrogen and oxygen atoms in total. The summed E-state index contributed by atoms with van der Waals surface area (Å²) in [5.74, 6) is 4.40. The van der Waals surface area contributed by atoms with E-state index in [2.05, 4.69) is 22.5 Å². The number of carbonyl (C=O) groups is 2. The lowest BCUT2D eigenvalue weighted by molar-refractivity contribution is 0.102. The normalized spacial score (nSPS) is 9.64. The fourth-order valence-corrected chi connectivity index (χ4v) is 2.51. The molecule has 0 aliphatic rings. The van der Waals surface area contributed by atoms with Crippen LogP contribution in [0.5, 0.6) is 0 Å². The zero-order valence-corrected chi connectivity index (χ0v) is 14.9. The van der Waals surface area contributed by atoms with Gasteiger partial charge in [0.05, 0.1) is 0 Å². The van der Waals surface area contributed by atoms with Crippen molar-refractivity contribution in [3.05, 3.63) is 95.1 Å². The van der Waals surface area contributed by atoms with Gasteiger partial charge in [-0.25, -0.2) is 0 Å². The van der Waals surface area contributed by atoms with Crippen molar-refractivity contribution in [2.45, 2.75) is 0 Å². The maximum Gasteiger partial charge on any atom is 0.255 e. The van der Waals surface area contributed by atoms with E-state index < -0.39 is 0 Å². The van der Waals surface area contributed by atoms with Crippen LogP contribution in [0.1, 0.15) is 31.8 Å². The van der Waals surface area contributed by atoms with Crippen molar-refractivity contribution in [2.75, 3.05) is 10.6 Å². The molecule has 2 amide bonds. The Morgan fingerprint density at radius 3 is 1.39 bits per heavy atom. The molecule has 0 saturated carbocycles. The number of benzene rings is 3. The fraction of sp³-hybridized carbons (Fsp3) is 0. The summed E-state index contributed by atoms with van der Waals surface area (Å²) in [6.45, 7) is 0. The molecule has 0 aliphatic heterocycles. The smallest absolute Gasteiger partial charge is 0.255 e. The van der Waals surface area contributed by atoms with Gasteiger partial charge in [0, 0.05) is 33.6 Å². The van der Waals surface area contributed by atoms with Crippen LogP contribution >= 0.6 is 0 Å². The van der Waals surface area contributed by atoms with Crippen LogP contribution in [-0.2, 0) is 0 Å². The van der Waals surface area contributed by atoms with Crippen molar-refractivity contribution in [3.8, 4) is 24.7 Å². The minimum Gasteiger partial charge on any atom is -0.322 e. The molecule has 0 atom stereocenters. The molecule has 0 unspecified atom stereocenters. The molecule has 134 valence electrons. The van der Waals surface area contributed by atoms with E-state index in [1.165, 1.54) is 6.07 Å². The number of nitrogens with one attached hydrogen (secondary N) is 2. The highest BCUT2D eigenvalue weighted by atomic mass is 16.2. The number of anilines is 2. The molecule has 0 aromatic heterocycles. The van der Waals surface area contributed by atoms with E-state index in [0.717, 1.165) is 11.1 Å². The molecule has 0 heterocycles. The third-order valence-corrected chi connectivity index (χ3v) is 4.01. The summed E-state index contributed by atoms with van der Waals surface area (Å²) < 4.78 is 0.